The fourth-order valence-electron chi connectivity index (χ4n) is 2.97. The predicted molar refractivity (Wildman–Crippen MR) is 107 cm³/mol. The van der Waals surface area contributed by atoms with Crippen molar-refractivity contribution in [1.29, 1.82) is 0 Å². The smallest absolute Gasteiger partial charge is 0.224 e. The van der Waals surface area contributed by atoms with Crippen LogP contribution in [0.15, 0.2) is 35.7 Å². The summed E-state index contributed by atoms with van der Waals surface area (Å²) in [5, 5.41) is 4.83. The molecule has 0 saturated carbocycles. The number of fused-ring (bicyclic) bond motifs is 1. The molecule has 1 aromatic heterocycles. The molecule has 8 heteroatoms. The highest BCUT2D eigenvalue weighted by Gasteiger charge is 2.21. The molecule has 148 valence electrons. The van der Waals surface area contributed by atoms with Crippen LogP contribution in [0.25, 0.3) is 0 Å². The number of nitrogens with zero attached hydrogens (tertiary/aromatic N) is 1. The van der Waals surface area contributed by atoms with Crippen molar-refractivity contribution in [2.24, 2.45) is 5.73 Å². The van der Waals surface area contributed by atoms with Crippen molar-refractivity contribution in [2.45, 2.75) is 32.2 Å². The lowest BCUT2D eigenvalue weighted by Gasteiger charge is -2.27. The molecule has 3 N–H and O–H groups in total. The van der Waals surface area contributed by atoms with Crippen LogP contribution in [0.3, 0.4) is 0 Å². The molecule has 0 saturated heterocycles. The van der Waals surface area contributed by atoms with Gasteiger partial charge in [-0.05, 0) is 47.7 Å². The second kappa shape index (κ2) is 9.36. The van der Waals surface area contributed by atoms with Crippen molar-refractivity contribution < 1.29 is 19.1 Å². The molecule has 0 radical (unpaired) electrons. The van der Waals surface area contributed by atoms with Crippen LogP contribution in [-0.2, 0) is 27.3 Å². The lowest BCUT2D eigenvalue weighted by Crippen LogP contribution is -2.35. The predicted octanol–water partition coefficient (Wildman–Crippen LogP) is 2.31. The first-order chi connectivity index (χ1) is 13.5. The molecule has 0 spiro atoms. The van der Waals surface area contributed by atoms with Crippen molar-refractivity contribution in [3.05, 3.63) is 46.2 Å². The van der Waals surface area contributed by atoms with E-state index in [-0.39, 0.29) is 37.7 Å². The van der Waals surface area contributed by atoms with Crippen LogP contribution in [0.1, 0.15) is 29.7 Å². The van der Waals surface area contributed by atoms with Gasteiger partial charge in [-0.1, -0.05) is 0 Å². The first-order valence-corrected chi connectivity index (χ1v) is 10.0. The minimum absolute atomic E-state index is 0.00481. The number of amides is 3. The molecule has 1 aromatic carbocycles. The van der Waals surface area contributed by atoms with Crippen LogP contribution >= 0.6 is 11.3 Å². The van der Waals surface area contributed by atoms with E-state index in [0.717, 1.165) is 6.42 Å². The zero-order valence-corrected chi connectivity index (χ0v) is 16.3. The normalized spacial score (nSPS) is 12.9. The standard InChI is InChI=1S/C20H23N3O4S/c21-18(24)8-11-27-16-3-1-15(2-4-16)22-19(25)5-6-20(26)23-10-7-17-14(13-23)9-12-28-17/h1-4,9,12H,5-8,10-11,13H2,(H2,21,24)(H,22,25). The Bertz CT molecular complexity index is 847. The zero-order chi connectivity index (χ0) is 19.9. The maximum Gasteiger partial charge on any atom is 0.224 e. The van der Waals surface area contributed by atoms with Gasteiger partial charge in [0.25, 0.3) is 0 Å². The summed E-state index contributed by atoms with van der Waals surface area (Å²) in [5.41, 5.74) is 6.90. The summed E-state index contributed by atoms with van der Waals surface area (Å²) in [7, 11) is 0. The number of ether oxygens (including phenoxy) is 1. The molecule has 3 amide bonds. The molecule has 0 bridgehead atoms. The van der Waals surface area contributed by atoms with E-state index in [9.17, 15) is 14.4 Å². The maximum absolute atomic E-state index is 12.4. The molecule has 1 aliphatic heterocycles. The molecule has 7 nitrogen and oxygen atoms in total. The van der Waals surface area contributed by atoms with Crippen molar-refractivity contribution in [1.82, 2.24) is 4.90 Å². The Kier molecular flexibility index (Phi) is 6.65. The van der Waals surface area contributed by atoms with E-state index in [0.29, 0.717) is 24.5 Å². The van der Waals surface area contributed by atoms with Gasteiger partial charge >= 0.3 is 0 Å². The Hall–Kier alpha value is -2.87. The summed E-state index contributed by atoms with van der Waals surface area (Å²) in [5.74, 6) is -0.0275. The Morgan fingerprint density at radius 3 is 2.64 bits per heavy atom. The number of thiophene rings is 1. The Morgan fingerprint density at radius 2 is 1.89 bits per heavy atom. The summed E-state index contributed by atoms with van der Waals surface area (Å²) in [6.45, 7) is 1.56. The molecular formula is C20H23N3O4S. The van der Waals surface area contributed by atoms with Crippen LogP contribution in [-0.4, -0.2) is 35.8 Å². The Morgan fingerprint density at radius 1 is 1.11 bits per heavy atom. The number of rotatable bonds is 8. The second-order valence-electron chi connectivity index (χ2n) is 6.57. The highest BCUT2D eigenvalue weighted by molar-refractivity contribution is 7.10. The molecule has 3 rings (SSSR count). The van der Waals surface area contributed by atoms with Gasteiger partial charge in [0.05, 0.1) is 13.0 Å². The highest BCUT2D eigenvalue weighted by atomic mass is 32.1. The molecule has 0 unspecified atom stereocenters. The van der Waals surface area contributed by atoms with E-state index >= 15 is 0 Å². The minimum Gasteiger partial charge on any atom is -0.493 e. The van der Waals surface area contributed by atoms with E-state index in [1.54, 1.807) is 35.6 Å². The third kappa shape index (κ3) is 5.56. The summed E-state index contributed by atoms with van der Waals surface area (Å²) in [4.78, 5) is 38.4. The van der Waals surface area contributed by atoms with Gasteiger partial charge in [0.1, 0.15) is 5.75 Å². The number of hydrogen-bond acceptors (Lipinski definition) is 5. The number of nitrogens with two attached hydrogens (primary N) is 1. The van der Waals surface area contributed by atoms with Gasteiger partial charge in [0.2, 0.25) is 17.7 Å². The van der Waals surface area contributed by atoms with Crippen molar-refractivity contribution >= 4 is 34.7 Å². The number of anilines is 1. The van der Waals surface area contributed by atoms with Crippen LogP contribution in [0.5, 0.6) is 5.75 Å². The number of carbonyl (C=O) groups excluding carboxylic acids is 3. The van der Waals surface area contributed by atoms with Gasteiger partial charge in [-0.25, -0.2) is 0 Å². The molecule has 2 aromatic rings. The second-order valence-corrected chi connectivity index (χ2v) is 7.57. The molecule has 0 fully saturated rings. The molecular weight excluding hydrogens is 378 g/mol. The first kappa shape index (κ1) is 19.9. The van der Waals surface area contributed by atoms with Crippen molar-refractivity contribution in [3.63, 3.8) is 0 Å². The quantitative estimate of drug-likeness (QED) is 0.709. The topological polar surface area (TPSA) is 102 Å². The lowest BCUT2D eigenvalue weighted by molar-refractivity contribution is -0.133. The SMILES string of the molecule is NC(=O)CCOc1ccc(NC(=O)CCC(=O)N2CCc3sccc3C2)cc1. The van der Waals surface area contributed by atoms with Gasteiger partial charge in [0.15, 0.2) is 0 Å². The molecule has 1 aliphatic rings. The van der Waals surface area contributed by atoms with Crippen LogP contribution < -0.4 is 15.8 Å². The molecule has 0 atom stereocenters. The monoisotopic (exact) mass is 401 g/mol. The lowest BCUT2D eigenvalue weighted by atomic mass is 10.1. The number of primary amides is 1. The fraction of sp³-hybridized carbons (Fsp3) is 0.350. The van der Waals surface area contributed by atoms with Crippen LogP contribution in [0.2, 0.25) is 0 Å². The van der Waals surface area contributed by atoms with E-state index in [1.165, 1.54) is 10.4 Å². The Balaban J connectivity index is 1.40. The number of nitrogens with one attached hydrogen (secondary N) is 1. The van der Waals surface area contributed by atoms with E-state index in [2.05, 4.69) is 16.8 Å². The van der Waals surface area contributed by atoms with Crippen molar-refractivity contribution in [3.8, 4) is 5.75 Å². The third-order valence-electron chi connectivity index (χ3n) is 4.48. The van der Waals surface area contributed by atoms with E-state index in [1.807, 2.05) is 4.90 Å². The average Bonchev–Trinajstić information content (AvgIpc) is 3.15. The molecule has 28 heavy (non-hydrogen) atoms. The van der Waals surface area contributed by atoms with E-state index in [4.69, 9.17) is 10.5 Å². The molecule has 2 heterocycles. The third-order valence-corrected chi connectivity index (χ3v) is 5.50. The largest absolute Gasteiger partial charge is 0.493 e. The number of benzene rings is 1. The van der Waals surface area contributed by atoms with Gasteiger partial charge in [-0.15, -0.1) is 11.3 Å². The first-order valence-electron chi connectivity index (χ1n) is 9.15. The van der Waals surface area contributed by atoms with Crippen molar-refractivity contribution in [2.75, 3.05) is 18.5 Å². The van der Waals surface area contributed by atoms with Crippen LogP contribution in [0, 0.1) is 0 Å². The zero-order valence-electron chi connectivity index (χ0n) is 15.5. The fourth-order valence-corrected chi connectivity index (χ4v) is 3.86. The summed E-state index contributed by atoms with van der Waals surface area (Å²) in [6.07, 6.45) is 1.37. The van der Waals surface area contributed by atoms with Gasteiger partial charge in [-0.3, -0.25) is 14.4 Å². The number of carbonyl (C=O) groups is 3. The average molecular weight is 401 g/mol. The number of hydrogen-bond donors (Lipinski definition) is 2. The maximum atomic E-state index is 12.4. The van der Waals surface area contributed by atoms with Crippen LogP contribution in [0.4, 0.5) is 5.69 Å². The van der Waals surface area contributed by atoms with Gasteiger partial charge in [-0.2, -0.15) is 0 Å². The summed E-state index contributed by atoms with van der Waals surface area (Å²) < 4.78 is 5.38. The summed E-state index contributed by atoms with van der Waals surface area (Å²) >= 11 is 1.73. The van der Waals surface area contributed by atoms with Gasteiger partial charge in [0, 0.05) is 36.5 Å². The van der Waals surface area contributed by atoms with E-state index < -0.39 is 5.91 Å². The highest BCUT2D eigenvalue weighted by Crippen LogP contribution is 2.24. The summed E-state index contributed by atoms with van der Waals surface area (Å²) in [6, 6.07) is 8.89. The molecule has 0 aliphatic carbocycles. The minimum atomic E-state index is -0.418. The van der Waals surface area contributed by atoms with Gasteiger partial charge < -0.3 is 20.7 Å². The Labute approximate surface area is 167 Å².